The van der Waals surface area contributed by atoms with Crippen LogP contribution in [0.15, 0.2) is 11.6 Å². The molecule has 0 aromatic heterocycles. The van der Waals surface area contributed by atoms with Crippen molar-refractivity contribution < 1.29 is 9.59 Å². The van der Waals surface area contributed by atoms with E-state index in [0.717, 1.165) is 0 Å². The Labute approximate surface area is 66.3 Å². The highest BCUT2D eigenvalue weighted by Crippen LogP contribution is 2.26. The third kappa shape index (κ3) is 1.76. The van der Waals surface area contributed by atoms with Crippen LogP contribution in [-0.2, 0) is 9.59 Å². The van der Waals surface area contributed by atoms with Crippen molar-refractivity contribution in [3.63, 3.8) is 0 Å². The Hall–Kier alpha value is -0.920. The summed E-state index contributed by atoms with van der Waals surface area (Å²) in [5, 5.41) is 0. The van der Waals surface area contributed by atoms with Crippen molar-refractivity contribution >= 4 is 12.6 Å². The first kappa shape index (κ1) is 8.18. The second-order valence-electron chi connectivity index (χ2n) is 2.94. The van der Waals surface area contributed by atoms with Gasteiger partial charge in [0.25, 0.3) is 0 Å². The Balaban J connectivity index is 2.69. The van der Waals surface area contributed by atoms with Crippen molar-refractivity contribution in [2.24, 2.45) is 11.8 Å². The average Bonchev–Trinajstić information content (AvgIpc) is 2.04. The third-order valence-corrected chi connectivity index (χ3v) is 2.05. The summed E-state index contributed by atoms with van der Waals surface area (Å²) in [7, 11) is 0. The summed E-state index contributed by atoms with van der Waals surface area (Å²) in [6.45, 7) is 1.96. The molecule has 11 heavy (non-hydrogen) atoms. The molecule has 0 aliphatic heterocycles. The molecule has 0 saturated heterocycles. The zero-order valence-corrected chi connectivity index (χ0v) is 6.46. The first-order chi connectivity index (χ1) is 5.27. The van der Waals surface area contributed by atoms with E-state index in [4.69, 9.17) is 0 Å². The maximum atomic E-state index is 10.3. The van der Waals surface area contributed by atoms with Crippen LogP contribution < -0.4 is 0 Å². The fourth-order valence-corrected chi connectivity index (χ4v) is 1.32. The molecule has 0 aromatic rings. The van der Waals surface area contributed by atoms with E-state index in [1.165, 1.54) is 5.57 Å². The lowest BCUT2D eigenvalue weighted by Crippen LogP contribution is -2.20. The molecular formula is C9H10O2. The maximum Gasteiger partial charge on any atom is 0.202 e. The van der Waals surface area contributed by atoms with Crippen LogP contribution in [0.4, 0.5) is 0 Å². The Morgan fingerprint density at radius 1 is 1.36 bits per heavy atom. The Kier molecular flexibility index (Phi) is 2.58. The SMILES string of the molecule is CC1=CCC([C]=O)C([C]=O)C1. The van der Waals surface area contributed by atoms with Crippen molar-refractivity contribution in [3.05, 3.63) is 11.6 Å². The van der Waals surface area contributed by atoms with Crippen LogP contribution in [0.25, 0.3) is 0 Å². The summed E-state index contributed by atoms with van der Waals surface area (Å²) >= 11 is 0. The minimum atomic E-state index is -0.254. The minimum Gasteiger partial charge on any atom is -0.291 e. The first-order valence-electron chi connectivity index (χ1n) is 3.69. The molecule has 1 aliphatic rings. The van der Waals surface area contributed by atoms with Crippen LogP contribution in [0, 0.1) is 11.8 Å². The van der Waals surface area contributed by atoms with Gasteiger partial charge in [-0.2, -0.15) is 0 Å². The lowest BCUT2D eigenvalue weighted by molar-refractivity contribution is 0.430. The second-order valence-corrected chi connectivity index (χ2v) is 2.94. The van der Waals surface area contributed by atoms with E-state index in [2.05, 4.69) is 0 Å². The van der Waals surface area contributed by atoms with Gasteiger partial charge in [0.2, 0.25) is 12.6 Å². The molecule has 0 bridgehead atoms. The topological polar surface area (TPSA) is 34.1 Å². The van der Waals surface area contributed by atoms with Crippen LogP contribution in [-0.4, -0.2) is 12.6 Å². The molecule has 2 unspecified atom stereocenters. The zero-order chi connectivity index (χ0) is 8.27. The second kappa shape index (κ2) is 3.46. The van der Waals surface area contributed by atoms with Gasteiger partial charge >= 0.3 is 0 Å². The van der Waals surface area contributed by atoms with Gasteiger partial charge in [0.1, 0.15) is 0 Å². The van der Waals surface area contributed by atoms with Crippen molar-refractivity contribution in [1.82, 2.24) is 0 Å². The van der Waals surface area contributed by atoms with Crippen LogP contribution in [0.2, 0.25) is 0 Å². The van der Waals surface area contributed by atoms with E-state index in [9.17, 15) is 9.59 Å². The highest BCUT2D eigenvalue weighted by molar-refractivity contribution is 5.67. The number of carbonyl (C=O) groups excluding carboxylic acids is 2. The average molecular weight is 150 g/mol. The van der Waals surface area contributed by atoms with Crippen molar-refractivity contribution in [1.29, 1.82) is 0 Å². The first-order valence-corrected chi connectivity index (χ1v) is 3.69. The van der Waals surface area contributed by atoms with Crippen LogP contribution >= 0.6 is 0 Å². The zero-order valence-electron chi connectivity index (χ0n) is 6.46. The fraction of sp³-hybridized carbons (Fsp3) is 0.556. The van der Waals surface area contributed by atoms with Crippen molar-refractivity contribution in [2.45, 2.75) is 19.8 Å². The summed E-state index contributed by atoms with van der Waals surface area (Å²) in [5.74, 6) is -0.506. The lowest BCUT2D eigenvalue weighted by Gasteiger charge is -2.19. The quantitative estimate of drug-likeness (QED) is 0.554. The molecular weight excluding hydrogens is 140 g/mol. The van der Waals surface area contributed by atoms with E-state index < -0.39 is 0 Å². The van der Waals surface area contributed by atoms with E-state index >= 15 is 0 Å². The van der Waals surface area contributed by atoms with E-state index in [0.29, 0.717) is 12.8 Å². The lowest BCUT2D eigenvalue weighted by atomic mass is 9.82. The van der Waals surface area contributed by atoms with Crippen LogP contribution in [0.1, 0.15) is 19.8 Å². The Morgan fingerprint density at radius 3 is 2.55 bits per heavy atom. The van der Waals surface area contributed by atoms with Gasteiger partial charge in [-0.25, -0.2) is 0 Å². The number of hydrogen-bond donors (Lipinski definition) is 0. The largest absolute Gasteiger partial charge is 0.291 e. The normalized spacial score (nSPS) is 30.8. The molecule has 2 atom stereocenters. The Bertz CT molecular complexity index is 194. The number of hydrogen-bond acceptors (Lipinski definition) is 2. The van der Waals surface area contributed by atoms with E-state index in [-0.39, 0.29) is 11.8 Å². The molecule has 2 heteroatoms. The highest BCUT2D eigenvalue weighted by Gasteiger charge is 2.24. The molecule has 0 aromatic carbocycles. The van der Waals surface area contributed by atoms with Gasteiger partial charge in [-0.1, -0.05) is 11.6 Å². The van der Waals surface area contributed by atoms with Crippen molar-refractivity contribution in [3.8, 4) is 0 Å². The molecule has 2 radical (unpaired) electrons. The summed E-state index contributed by atoms with van der Waals surface area (Å²) in [5.41, 5.74) is 1.17. The number of rotatable bonds is 2. The van der Waals surface area contributed by atoms with Gasteiger partial charge in [0.05, 0.1) is 0 Å². The van der Waals surface area contributed by atoms with Gasteiger partial charge in [0.15, 0.2) is 0 Å². The summed E-state index contributed by atoms with van der Waals surface area (Å²) in [6, 6.07) is 0. The highest BCUT2D eigenvalue weighted by atomic mass is 16.1. The molecule has 0 N–H and O–H groups in total. The van der Waals surface area contributed by atoms with Gasteiger partial charge in [0, 0.05) is 11.8 Å². The molecule has 1 rings (SSSR count). The maximum absolute atomic E-state index is 10.3. The minimum absolute atomic E-state index is 0.252. The van der Waals surface area contributed by atoms with E-state index in [1.807, 2.05) is 25.6 Å². The molecule has 2 nitrogen and oxygen atoms in total. The fourth-order valence-electron chi connectivity index (χ4n) is 1.32. The standard InChI is InChI=1S/C9H10O2/c1-7-2-3-8(5-10)9(4-7)6-11/h2,8-9H,3-4H2,1H3. The molecule has 0 spiro atoms. The summed E-state index contributed by atoms with van der Waals surface area (Å²) in [4.78, 5) is 20.6. The predicted octanol–water partition coefficient (Wildman–Crippen LogP) is 1.18. The molecule has 0 heterocycles. The molecule has 58 valence electrons. The molecule has 1 aliphatic carbocycles. The third-order valence-electron chi connectivity index (χ3n) is 2.05. The molecule has 0 amide bonds. The van der Waals surface area contributed by atoms with Gasteiger partial charge in [-0.05, 0) is 19.8 Å². The smallest absolute Gasteiger partial charge is 0.202 e. The predicted molar refractivity (Wildman–Crippen MR) is 41.4 cm³/mol. The van der Waals surface area contributed by atoms with Crippen LogP contribution in [0.3, 0.4) is 0 Å². The summed E-state index contributed by atoms with van der Waals surface area (Å²) < 4.78 is 0. The van der Waals surface area contributed by atoms with Gasteiger partial charge in [-0.15, -0.1) is 0 Å². The monoisotopic (exact) mass is 150 g/mol. The summed E-state index contributed by atoms with van der Waals surface area (Å²) in [6.07, 6.45) is 7.06. The van der Waals surface area contributed by atoms with Gasteiger partial charge < -0.3 is 0 Å². The molecule has 0 saturated carbocycles. The van der Waals surface area contributed by atoms with Crippen molar-refractivity contribution in [2.75, 3.05) is 0 Å². The van der Waals surface area contributed by atoms with E-state index in [1.54, 1.807) is 0 Å². The Morgan fingerprint density at radius 2 is 2.00 bits per heavy atom. The van der Waals surface area contributed by atoms with Crippen LogP contribution in [0.5, 0.6) is 0 Å². The van der Waals surface area contributed by atoms with Gasteiger partial charge in [-0.3, -0.25) is 9.59 Å². The molecule has 0 fully saturated rings. The number of allylic oxidation sites excluding steroid dienone is 2.